The van der Waals surface area contributed by atoms with Crippen molar-refractivity contribution in [3.05, 3.63) is 52.3 Å². The third kappa shape index (κ3) is 3.35. The van der Waals surface area contributed by atoms with E-state index in [1.54, 1.807) is 6.20 Å². The van der Waals surface area contributed by atoms with Gasteiger partial charge in [0.15, 0.2) is 5.78 Å². The first-order valence-corrected chi connectivity index (χ1v) is 9.77. The van der Waals surface area contributed by atoms with E-state index >= 15 is 0 Å². The Kier molecular flexibility index (Phi) is 4.70. The molecule has 0 unspecified atom stereocenters. The number of piperidine rings is 1. The highest BCUT2D eigenvalue weighted by Crippen LogP contribution is 2.35. The fraction of sp³-hybridized carbons (Fsp3) is 0.476. The van der Waals surface area contributed by atoms with Gasteiger partial charge in [0.25, 0.3) is 0 Å². The monoisotopic (exact) mass is 369 g/mol. The fourth-order valence-corrected chi connectivity index (χ4v) is 4.73. The molecular formula is C21H24ClN3O. The maximum Gasteiger partial charge on any atom is 0.225 e. The van der Waals surface area contributed by atoms with Crippen molar-refractivity contribution in [1.82, 2.24) is 9.97 Å². The number of carbonyl (C=O) groups is 1. The molecule has 0 radical (unpaired) electrons. The molecule has 2 heterocycles. The molecule has 26 heavy (non-hydrogen) atoms. The van der Waals surface area contributed by atoms with Crippen LogP contribution in [-0.4, -0.2) is 28.8 Å². The van der Waals surface area contributed by atoms with Gasteiger partial charge in [0.2, 0.25) is 5.95 Å². The van der Waals surface area contributed by atoms with Crippen molar-refractivity contribution in [2.24, 2.45) is 11.8 Å². The summed E-state index contributed by atoms with van der Waals surface area (Å²) in [7, 11) is 0. The van der Waals surface area contributed by atoms with Gasteiger partial charge in [-0.2, -0.15) is 0 Å². The second-order valence-electron chi connectivity index (χ2n) is 7.93. The standard InChI is InChI=1S/C21H24ClN3O/c1-13-7-14(2)12-25(11-13)21-23-10-17-19(24-21)8-15(9-20(17)26)16-5-3-4-6-18(16)22/h3-6,10,13-15H,7-9,11-12H2,1-2H3/t13-,14+,15-/m0/s1. The third-order valence-corrected chi connectivity index (χ3v) is 5.87. The van der Waals surface area contributed by atoms with Crippen LogP contribution in [0.1, 0.15) is 54.2 Å². The zero-order valence-corrected chi connectivity index (χ0v) is 16.0. The van der Waals surface area contributed by atoms with Crippen LogP contribution >= 0.6 is 11.6 Å². The van der Waals surface area contributed by atoms with Gasteiger partial charge in [-0.15, -0.1) is 0 Å². The van der Waals surface area contributed by atoms with Crippen LogP contribution in [0.25, 0.3) is 0 Å². The highest BCUT2D eigenvalue weighted by atomic mass is 35.5. The van der Waals surface area contributed by atoms with Gasteiger partial charge in [-0.1, -0.05) is 43.6 Å². The molecule has 1 aliphatic carbocycles. The van der Waals surface area contributed by atoms with Crippen molar-refractivity contribution < 1.29 is 4.79 Å². The van der Waals surface area contributed by atoms with Gasteiger partial charge >= 0.3 is 0 Å². The summed E-state index contributed by atoms with van der Waals surface area (Å²) >= 11 is 6.37. The summed E-state index contributed by atoms with van der Waals surface area (Å²) in [5, 5.41) is 0.724. The topological polar surface area (TPSA) is 46.1 Å². The Bertz CT molecular complexity index is 828. The zero-order valence-electron chi connectivity index (χ0n) is 15.3. The first-order valence-electron chi connectivity index (χ1n) is 9.39. The van der Waals surface area contributed by atoms with Crippen molar-refractivity contribution in [3.8, 4) is 0 Å². The van der Waals surface area contributed by atoms with E-state index in [2.05, 4.69) is 23.7 Å². The SMILES string of the molecule is C[C@@H]1C[C@H](C)CN(c2ncc3c(n2)C[C@H](c2ccccc2Cl)CC3=O)C1. The van der Waals surface area contributed by atoms with Crippen LogP contribution < -0.4 is 4.90 Å². The smallest absolute Gasteiger partial charge is 0.225 e. The van der Waals surface area contributed by atoms with E-state index in [1.807, 2.05) is 24.3 Å². The molecule has 1 fully saturated rings. The van der Waals surface area contributed by atoms with Crippen molar-refractivity contribution in [1.29, 1.82) is 0 Å². The Labute approximate surface area is 159 Å². The molecule has 0 saturated carbocycles. The molecule has 4 nitrogen and oxygen atoms in total. The first kappa shape index (κ1) is 17.5. The molecule has 0 N–H and O–H groups in total. The maximum absolute atomic E-state index is 12.6. The molecule has 0 amide bonds. The number of aromatic nitrogens is 2. The minimum atomic E-state index is 0.0886. The fourth-order valence-electron chi connectivity index (χ4n) is 4.44. The summed E-state index contributed by atoms with van der Waals surface area (Å²) in [6.07, 6.45) is 4.18. The molecule has 4 rings (SSSR count). The number of benzene rings is 1. The molecule has 1 saturated heterocycles. The summed E-state index contributed by atoms with van der Waals surface area (Å²) in [6.45, 7) is 6.51. The highest BCUT2D eigenvalue weighted by Gasteiger charge is 2.30. The first-order chi connectivity index (χ1) is 12.5. The van der Waals surface area contributed by atoms with Crippen LogP contribution in [0, 0.1) is 11.8 Å². The molecule has 1 aromatic heterocycles. The van der Waals surface area contributed by atoms with Gasteiger partial charge in [-0.25, -0.2) is 9.97 Å². The van der Waals surface area contributed by atoms with E-state index in [0.29, 0.717) is 23.8 Å². The van der Waals surface area contributed by atoms with Crippen molar-refractivity contribution in [2.45, 2.75) is 39.0 Å². The lowest BCUT2D eigenvalue weighted by Gasteiger charge is -2.35. The number of hydrogen-bond donors (Lipinski definition) is 0. The second-order valence-corrected chi connectivity index (χ2v) is 8.34. The predicted molar refractivity (Wildman–Crippen MR) is 104 cm³/mol. The van der Waals surface area contributed by atoms with E-state index in [4.69, 9.17) is 16.6 Å². The van der Waals surface area contributed by atoms with Crippen LogP contribution in [0.5, 0.6) is 0 Å². The zero-order chi connectivity index (χ0) is 18.3. The van der Waals surface area contributed by atoms with Gasteiger partial charge in [-0.05, 0) is 42.2 Å². The lowest BCUT2D eigenvalue weighted by molar-refractivity contribution is 0.0962. The Morgan fingerprint density at radius 2 is 1.85 bits per heavy atom. The summed E-state index contributed by atoms with van der Waals surface area (Å²) in [4.78, 5) is 24.2. The van der Waals surface area contributed by atoms with Gasteiger partial charge in [0.1, 0.15) is 0 Å². The van der Waals surface area contributed by atoms with Crippen LogP contribution in [0.15, 0.2) is 30.5 Å². The third-order valence-electron chi connectivity index (χ3n) is 5.52. The number of anilines is 1. The number of rotatable bonds is 2. The van der Waals surface area contributed by atoms with Gasteiger partial charge in [-0.3, -0.25) is 4.79 Å². The summed E-state index contributed by atoms with van der Waals surface area (Å²) in [5.74, 6) is 2.23. The normalized spacial score (nSPS) is 25.9. The molecule has 2 aliphatic rings. The number of nitrogens with zero attached hydrogens (tertiary/aromatic N) is 3. The molecule has 0 bridgehead atoms. The van der Waals surface area contributed by atoms with Crippen molar-refractivity contribution >= 4 is 23.3 Å². The molecule has 5 heteroatoms. The minimum absolute atomic E-state index is 0.0886. The number of ketones is 1. The van der Waals surface area contributed by atoms with Crippen molar-refractivity contribution in [2.75, 3.05) is 18.0 Å². The average Bonchev–Trinajstić information content (AvgIpc) is 2.60. The van der Waals surface area contributed by atoms with E-state index in [9.17, 15) is 4.79 Å². The lowest BCUT2D eigenvalue weighted by Crippen LogP contribution is -2.40. The highest BCUT2D eigenvalue weighted by molar-refractivity contribution is 6.31. The molecule has 1 aliphatic heterocycles. The molecule has 3 atom stereocenters. The molecular weight excluding hydrogens is 346 g/mol. The van der Waals surface area contributed by atoms with E-state index in [0.717, 1.165) is 41.7 Å². The number of carbonyl (C=O) groups excluding carboxylic acids is 1. The lowest BCUT2D eigenvalue weighted by atomic mass is 9.82. The molecule has 1 aromatic carbocycles. The Balaban J connectivity index is 1.64. The van der Waals surface area contributed by atoms with E-state index in [-0.39, 0.29) is 11.7 Å². The quantitative estimate of drug-likeness (QED) is 0.780. The van der Waals surface area contributed by atoms with Crippen molar-refractivity contribution in [3.63, 3.8) is 0 Å². The Hall–Kier alpha value is -1.94. The van der Waals surface area contributed by atoms with Gasteiger partial charge < -0.3 is 4.90 Å². The summed E-state index contributed by atoms with van der Waals surface area (Å²) in [6, 6.07) is 7.80. The van der Waals surface area contributed by atoms with Crippen LogP contribution in [0.4, 0.5) is 5.95 Å². The Morgan fingerprint density at radius 1 is 1.12 bits per heavy atom. The van der Waals surface area contributed by atoms with Crippen LogP contribution in [-0.2, 0) is 6.42 Å². The molecule has 0 spiro atoms. The molecule has 136 valence electrons. The van der Waals surface area contributed by atoms with E-state index < -0.39 is 0 Å². The number of halogens is 1. The van der Waals surface area contributed by atoms with Crippen LogP contribution in [0.2, 0.25) is 5.02 Å². The predicted octanol–water partition coefficient (Wildman–Crippen LogP) is 4.53. The average molecular weight is 370 g/mol. The second kappa shape index (κ2) is 6.99. The van der Waals surface area contributed by atoms with Gasteiger partial charge in [0.05, 0.1) is 11.3 Å². The van der Waals surface area contributed by atoms with E-state index in [1.165, 1.54) is 6.42 Å². The number of hydrogen-bond acceptors (Lipinski definition) is 4. The van der Waals surface area contributed by atoms with Crippen LogP contribution in [0.3, 0.4) is 0 Å². The van der Waals surface area contributed by atoms with Gasteiger partial charge in [0, 0.05) is 30.7 Å². The molecule has 2 aromatic rings. The number of Topliss-reactive ketones (excluding diaryl/α,β-unsaturated/α-hetero) is 1. The summed E-state index contributed by atoms with van der Waals surface area (Å²) < 4.78 is 0. The Morgan fingerprint density at radius 3 is 2.58 bits per heavy atom. The number of fused-ring (bicyclic) bond motifs is 1. The largest absolute Gasteiger partial charge is 0.340 e. The maximum atomic E-state index is 12.6. The minimum Gasteiger partial charge on any atom is -0.340 e. The summed E-state index contributed by atoms with van der Waals surface area (Å²) in [5.41, 5.74) is 2.57.